The van der Waals surface area contributed by atoms with Gasteiger partial charge in [0.05, 0.1) is 5.41 Å². The van der Waals surface area contributed by atoms with Crippen LogP contribution < -0.4 is 5.73 Å². The van der Waals surface area contributed by atoms with Gasteiger partial charge in [0, 0.05) is 20.1 Å². The van der Waals surface area contributed by atoms with E-state index in [1.54, 1.807) is 0 Å². The lowest BCUT2D eigenvalue weighted by molar-refractivity contribution is -0.141. The first kappa shape index (κ1) is 16.0. The van der Waals surface area contributed by atoms with Gasteiger partial charge >= 0.3 is 0 Å². The summed E-state index contributed by atoms with van der Waals surface area (Å²) in [6, 6.07) is 8.36. The quantitative estimate of drug-likeness (QED) is 0.864. The predicted molar refractivity (Wildman–Crippen MR) is 86.8 cm³/mol. The molecule has 3 heteroatoms. The molecule has 0 atom stereocenters. The number of amides is 1. The molecule has 0 aliphatic heterocycles. The van der Waals surface area contributed by atoms with Gasteiger partial charge in [0.25, 0.3) is 0 Å². The van der Waals surface area contributed by atoms with Gasteiger partial charge in [0.2, 0.25) is 5.91 Å². The van der Waals surface area contributed by atoms with Crippen molar-refractivity contribution in [3.05, 3.63) is 35.4 Å². The third-order valence-electron chi connectivity index (χ3n) is 4.75. The maximum atomic E-state index is 12.9. The molecule has 0 saturated heterocycles. The lowest BCUT2D eigenvalue weighted by atomic mass is 9.79. The fraction of sp³-hybridized carbons (Fsp3) is 0.611. The van der Waals surface area contributed by atoms with Crippen molar-refractivity contribution in [3.8, 4) is 0 Å². The molecule has 1 aliphatic carbocycles. The van der Waals surface area contributed by atoms with Gasteiger partial charge in [0.1, 0.15) is 0 Å². The molecule has 2 rings (SSSR count). The fourth-order valence-electron chi connectivity index (χ4n) is 3.47. The van der Waals surface area contributed by atoms with Gasteiger partial charge in [-0.2, -0.15) is 0 Å². The maximum Gasteiger partial charge on any atom is 0.230 e. The maximum absolute atomic E-state index is 12.9. The Kier molecular flexibility index (Phi) is 5.40. The second kappa shape index (κ2) is 7.08. The van der Waals surface area contributed by atoms with Crippen LogP contribution in [0.3, 0.4) is 0 Å². The van der Waals surface area contributed by atoms with Crippen molar-refractivity contribution in [2.75, 3.05) is 13.6 Å². The number of hydrogen-bond donors (Lipinski definition) is 1. The van der Waals surface area contributed by atoms with Crippen LogP contribution in [0.25, 0.3) is 0 Å². The number of aryl methyl sites for hydroxylation is 1. The molecule has 1 amide bonds. The number of nitrogens with two attached hydrogens (primary N) is 1. The zero-order chi connectivity index (χ0) is 15.3. The summed E-state index contributed by atoms with van der Waals surface area (Å²) in [5.74, 6) is 0.230. The van der Waals surface area contributed by atoms with E-state index < -0.39 is 0 Å². The second-order valence-electron chi connectivity index (χ2n) is 6.55. The summed E-state index contributed by atoms with van der Waals surface area (Å²) in [5.41, 5.74) is 8.11. The fourth-order valence-corrected chi connectivity index (χ4v) is 3.47. The minimum atomic E-state index is -0.324. The molecular weight excluding hydrogens is 260 g/mol. The van der Waals surface area contributed by atoms with Crippen LogP contribution >= 0.6 is 0 Å². The van der Waals surface area contributed by atoms with Gasteiger partial charge in [-0.25, -0.2) is 0 Å². The Morgan fingerprint density at radius 1 is 1.24 bits per heavy atom. The zero-order valence-electron chi connectivity index (χ0n) is 13.4. The molecule has 0 radical (unpaired) electrons. The summed E-state index contributed by atoms with van der Waals surface area (Å²) in [6.07, 6.45) is 6.61. The van der Waals surface area contributed by atoms with Crippen LogP contribution in [0.5, 0.6) is 0 Å². The van der Waals surface area contributed by atoms with Crippen molar-refractivity contribution < 1.29 is 4.79 Å². The summed E-state index contributed by atoms with van der Waals surface area (Å²) >= 11 is 0. The molecule has 0 bridgehead atoms. The molecule has 21 heavy (non-hydrogen) atoms. The Hall–Kier alpha value is -1.35. The van der Waals surface area contributed by atoms with Crippen molar-refractivity contribution in [2.24, 2.45) is 11.1 Å². The summed E-state index contributed by atoms with van der Waals surface area (Å²) in [5, 5.41) is 0. The Balaban J connectivity index is 2.09. The number of hydrogen-bond acceptors (Lipinski definition) is 2. The number of carbonyl (C=O) groups excluding carboxylic acids is 1. The van der Waals surface area contributed by atoms with E-state index in [4.69, 9.17) is 5.73 Å². The van der Waals surface area contributed by atoms with Gasteiger partial charge in [-0.15, -0.1) is 0 Å². The largest absolute Gasteiger partial charge is 0.341 e. The number of rotatable bonds is 4. The second-order valence-corrected chi connectivity index (χ2v) is 6.55. The minimum Gasteiger partial charge on any atom is -0.341 e. The first-order chi connectivity index (χ1) is 10.1. The van der Waals surface area contributed by atoms with Crippen LogP contribution in [0, 0.1) is 12.3 Å². The van der Waals surface area contributed by atoms with Crippen LogP contribution in [0.1, 0.15) is 49.7 Å². The van der Waals surface area contributed by atoms with E-state index >= 15 is 0 Å². The monoisotopic (exact) mass is 288 g/mol. The molecule has 116 valence electrons. The van der Waals surface area contributed by atoms with Gasteiger partial charge in [-0.05, 0) is 25.3 Å². The topological polar surface area (TPSA) is 46.3 Å². The molecule has 1 fully saturated rings. The van der Waals surface area contributed by atoms with Crippen LogP contribution in [0.15, 0.2) is 24.3 Å². The van der Waals surface area contributed by atoms with Crippen molar-refractivity contribution in [3.63, 3.8) is 0 Å². The molecule has 1 aromatic carbocycles. The molecule has 1 aliphatic rings. The first-order valence-electron chi connectivity index (χ1n) is 8.09. The number of benzene rings is 1. The van der Waals surface area contributed by atoms with E-state index in [2.05, 4.69) is 25.1 Å². The summed E-state index contributed by atoms with van der Waals surface area (Å²) in [6.45, 7) is 3.23. The van der Waals surface area contributed by atoms with Crippen molar-refractivity contribution >= 4 is 5.91 Å². The van der Waals surface area contributed by atoms with E-state index in [-0.39, 0.29) is 11.3 Å². The Morgan fingerprint density at radius 3 is 2.48 bits per heavy atom. The van der Waals surface area contributed by atoms with Crippen LogP contribution in [0.4, 0.5) is 0 Å². The molecule has 1 saturated carbocycles. The summed E-state index contributed by atoms with van der Waals surface area (Å²) in [4.78, 5) is 14.8. The van der Waals surface area contributed by atoms with Gasteiger partial charge in [-0.3, -0.25) is 4.79 Å². The Bertz CT molecular complexity index is 476. The molecule has 1 aromatic rings. The normalized spacial score (nSPS) is 18.0. The van der Waals surface area contributed by atoms with Crippen LogP contribution in [-0.2, 0) is 11.3 Å². The van der Waals surface area contributed by atoms with E-state index in [1.807, 2.05) is 18.0 Å². The third-order valence-corrected chi connectivity index (χ3v) is 4.75. The highest BCUT2D eigenvalue weighted by molar-refractivity contribution is 5.82. The molecule has 0 unspecified atom stereocenters. The molecule has 0 aromatic heterocycles. The van der Waals surface area contributed by atoms with E-state index in [0.717, 1.165) is 25.7 Å². The van der Waals surface area contributed by atoms with Crippen molar-refractivity contribution in [2.45, 2.75) is 52.0 Å². The highest BCUT2D eigenvalue weighted by Crippen LogP contribution is 2.36. The molecule has 3 nitrogen and oxygen atoms in total. The third kappa shape index (κ3) is 3.85. The van der Waals surface area contributed by atoms with Crippen LogP contribution in [0.2, 0.25) is 0 Å². The predicted octanol–water partition coefficient (Wildman–Crippen LogP) is 3.25. The highest BCUT2D eigenvalue weighted by Gasteiger charge is 2.38. The van der Waals surface area contributed by atoms with E-state index in [0.29, 0.717) is 13.1 Å². The van der Waals surface area contributed by atoms with Crippen molar-refractivity contribution in [1.29, 1.82) is 0 Å². The average Bonchev–Trinajstić information content (AvgIpc) is 2.72. The van der Waals surface area contributed by atoms with Gasteiger partial charge in [0.15, 0.2) is 0 Å². The molecule has 2 N–H and O–H groups in total. The Morgan fingerprint density at radius 2 is 1.90 bits per heavy atom. The van der Waals surface area contributed by atoms with Crippen LogP contribution in [-0.4, -0.2) is 24.4 Å². The number of nitrogens with zero attached hydrogens (tertiary/aromatic N) is 1. The number of carbonyl (C=O) groups is 1. The Labute approximate surface area is 128 Å². The SMILES string of the molecule is Cc1cccc(CN(C)C(=O)C2(CN)CCCCCC2)c1. The molecular formula is C18H28N2O. The summed E-state index contributed by atoms with van der Waals surface area (Å²) in [7, 11) is 1.91. The van der Waals surface area contributed by atoms with E-state index in [9.17, 15) is 4.79 Å². The lowest BCUT2D eigenvalue weighted by Crippen LogP contribution is -2.46. The van der Waals surface area contributed by atoms with E-state index in [1.165, 1.54) is 24.0 Å². The van der Waals surface area contributed by atoms with Gasteiger partial charge < -0.3 is 10.6 Å². The molecule has 0 heterocycles. The van der Waals surface area contributed by atoms with Crippen molar-refractivity contribution in [1.82, 2.24) is 4.90 Å². The lowest BCUT2D eigenvalue weighted by Gasteiger charge is -2.34. The zero-order valence-corrected chi connectivity index (χ0v) is 13.4. The molecule has 0 spiro atoms. The van der Waals surface area contributed by atoms with Gasteiger partial charge in [-0.1, -0.05) is 55.5 Å². The highest BCUT2D eigenvalue weighted by atomic mass is 16.2. The average molecular weight is 288 g/mol. The summed E-state index contributed by atoms with van der Waals surface area (Å²) < 4.78 is 0. The first-order valence-corrected chi connectivity index (χ1v) is 8.09. The minimum absolute atomic E-state index is 0.230. The smallest absolute Gasteiger partial charge is 0.230 e. The standard InChI is InChI=1S/C18H28N2O/c1-15-8-7-9-16(12-15)13-20(2)17(21)18(14-19)10-5-3-4-6-11-18/h7-9,12H,3-6,10-11,13-14,19H2,1-2H3.